The van der Waals surface area contributed by atoms with Gasteiger partial charge in [0.05, 0.1) is 0 Å². The second-order valence-corrected chi connectivity index (χ2v) is 3.38. The van der Waals surface area contributed by atoms with Crippen molar-refractivity contribution in [1.82, 2.24) is 5.32 Å². The van der Waals surface area contributed by atoms with Gasteiger partial charge in [0.2, 0.25) is 0 Å². The van der Waals surface area contributed by atoms with Crippen molar-refractivity contribution < 1.29 is 0 Å². The molecule has 2 unspecified atom stereocenters. The molecule has 0 spiro atoms. The zero-order chi connectivity index (χ0) is 8.10. The van der Waals surface area contributed by atoms with E-state index in [1.165, 1.54) is 25.7 Å². The van der Waals surface area contributed by atoms with Gasteiger partial charge in [0.15, 0.2) is 0 Å². The summed E-state index contributed by atoms with van der Waals surface area (Å²) in [5, 5.41) is 3.53. The van der Waals surface area contributed by atoms with Gasteiger partial charge in [-0.05, 0) is 31.7 Å². The van der Waals surface area contributed by atoms with Crippen LogP contribution in [-0.2, 0) is 0 Å². The summed E-state index contributed by atoms with van der Waals surface area (Å²) in [6.07, 6.45) is 7.41. The normalized spacial score (nSPS) is 30.6. The molecule has 0 aromatic carbocycles. The molecule has 0 saturated heterocycles. The average molecular weight is 153 g/mol. The molecule has 0 radical (unpaired) electrons. The summed E-state index contributed by atoms with van der Waals surface area (Å²) >= 11 is 0. The lowest BCUT2D eigenvalue weighted by Crippen LogP contribution is -2.31. The zero-order valence-corrected chi connectivity index (χ0v) is 7.47. The highest BCUT2D eigenvalue weighted by Gasteiger charge is 2.24. The third-order valence-electron chi connectivity index (χ3n) is 2.59. The van der Waals surface area contributed by atoms with Crippen molar-refractivity contribution in [3.63, 3.8) is 0 Å². The molecule has 0 heterocycles. The SMILES string of the molecule is C=CCC1CCCC1NCC. The van der Waals surface area contributed by atoms with Gasteiger partial charge in [0.25, 0.3) is 0 Å². The van der Waals surface area contributed by atoms with Gasteiger partial charge in [-0.1, -0.05) is 19.4 Å². The Labute approximate surface area is 69.9 Å². The smallest absolute Gasteiger partial charge is 0.00981 e. The van der Waals surface area contributed by atoms with Crippen molar-refractivity contribution in [1.29, 1.82) is 0 Å². The van der Waals surface area contributed by atoms with E-state index in [0.717, 1.165) is 18.5 Å². The highest BCUT2D eigenvalue weighted by molar-refractivity contribution is 4.87. The quantitative estimate of drug-likeness (QED) is 0.611. The molecule has 0 amide bonds. The molecule has 1 rings (SSSR count). The first-order chi connectivity index (χ1) is 5.38. The molecule has 1 heteroatoms. The Morgan fingerprint density at radius 1 is 1.55 bits per heavy atom. The first kappa shape index (κ1) is 8.79. The summed E-state index contributed by atoms with van der Waals surface area (Å²) in [6.45, 7) is 7.08. The lowest BCUT2D eigenvalue weighted by molar-refractivity contribution is 0.412. The Kier molecular flexibility index (Phi) is 3.64. The van der Waals surface area contributed by atoms with Crippen LogP contribution in [0.4, 0.5) is 0 Å². The van der Waals surface area contributed by atoms with Gasteiger partial charge in [-0.15, -0.1) is 6.58 Å². The fourth-order valence-corrected chi connectivity index (χ4v) is 2.06. The van der Waals surface area contributed by atoms with E-state index < -0.39 is 0 Å². The van der Waals surface area contributed by atoms with Crippen molar-refractivity contribution >= 4 is 0 Å². The second-order valence-electron chi connectivity index (χ2n) is 3.38. The van der Waals surface area contributed by atoms with Crippen LogP contribution in [0.3, 0.4) is 0 Å². The van der Waals surface area contributed by atoms with E-state index in [2.05, 4.69) is 24.9 Å². The summed E-state index contributed by atoms with van der Waals surface area (Å²) in [5.41, 5.74) is 0. The van der Waals surface area contributed by atoms with Crippen molar-refractivity contribution in [3.05, 3.63) is 12.7 Å². The summed E-state index contributed by atoms with van der Waals surface area (Å²) in [6, 6.07) is 0.776. The highest BCUT2D eigenvalue weighted by Crippen LogP contribution is 2.28. The molecule has 1 nitrogen and oxygen atoms in total. The van der Waals surface area contributed by atoms with E-state index in [0.29, 0.717) is 0 Å². The maximum Gasteiger partial charge on any atom is 0.00981 e. The maximum absolute atomic E-state index is 3.79. The molecule has 0 aromatic heterocycles. The van der Waals surface area contributed by atoms with Crippen LogP contribution >= 0.6 is 0 Å². The van der Waals surface area contributed by atoms with Gasteiger partial charge in [-0.2, -0.15) is 0 Å². The van der Waals surface area contributed by atoms with E-state index in [1.807, 2.05) is 0 Å². The Hall–Kier alpha value is -0.300. The van der Waals surface area contributed by atoms with E-state index >= 15 is 0 Å². The molecule has 1 N–H and O–H groups in total. The van der Waals surface area contributed by atoms with Crippen LogP contribution in [0.15, 0.2) is 12.7 Å². The predicted octanol–water partition coefficient (Wildman–Crippen LogP) is 2.34. The number of hydrogen-bond acceptors (Lipinski definition) is 1. The van der Waals surface area contributed by atoms with Crippen LogP contribution in [0, 0.1) is 5.92 Å². The van der Waals surface area contributed by atoms with Gasteiger partial charge in [-0.3, -0.25) is 0 Å². The Morgan fingerprint density at radius 3 is 3.00 bits per heavy atom. The number of hydrogen-bond donors (Lipinski definition) is 1. The van der Waals surface area contributed by atoms with Crippen LogP contribution in [0.5, 0.6) is 0 Å². The van der Waals surface area contributed by atoms with Crippen molar-refractivity contribution in [2.24, 2.45) is 5.92 Å². The molecule has 64 valence electrons. The van der Waals surface area contributed by atoms with Crippen LogP contribution < -0.4 is 5.32 Å². The topological polar surface area (TPSA) is 12.0 Å². The number of allylic oxidation sites excluding steroid dienone is 1. The van der Waals surface area contributed by atoms with E-state index in [9.17, 15) is 0 Å². The minimum Gasteiger partial charge on any atom is -0.314 e. The first-order valence-corrected chi connectivity index (χ1v) is 4.72. The summed E-state index contributed by atoms with van der Waals surface area (Å²) in [5.74, 6) is 0.868. The Balaban J connectivity index is 2.31. The molecule has 1 saturated carbocycles. The number of rotatable bonds is 4. The third-order valence-corrected chi connectivity index (χ3v) is 2.59. The second kappa shape index (κ2) is 4.55. The van der Waals surface area contributed by atoms with Crippen molar-refractivity contribution in [2.75, 3.05) is 6.54 Å². The predicted molar refractivity (Wildman–Crippen MR) is 49.6 cm³/mol. The lowest BCUT2D eigenvalue weighted by Gasteiger charge is -2.18. The highest BCUT2D eigenvalue weighted by atomic mass is 14.9. The minimum absolute atomic E-state index is 0.776. The van der Waals surface area contributed by atoms with Gasteiger partial charge in [0, 0.05) is 6.04 Å². The van der Waals surface area contributed by atoms with Gasteiger partial charge >= 0.3 is 0 Å². The van der Waals surface area contributed by atoms with Crippen LogP contribution in [0.2, 0.25) is 0 Å². The van der Waals surface area contributed by atoms with E-state index in [-0.39, 0.29) is 0 Å². The fraction of sp³-hybridized carbons (Fsp3) is 0.800. The Bertz CT molecular complexity index is 120. The molecule has 1 aliphatic carbocycles. The van der Waals surface area contributed by atoms with Gasteiger partial charge < -0.3 is 5.32 Å². The first-order valence-electron chi connectivity index (χ1n) is 4.72. The minimum atomic E-state index is 0.776. The van der Waals surface area contributed by atoms with Crippen LogP contribution in [0.25, 0.3) is 0 Å². The summed E-state index contributed by atoms with van der Waals surface area (Å²) in [7, 11) is 0. The molecule has 1 fully saturated rings. The van der Waals surface area contributed by atoms with E-state index in [1.54, 1.807) is 0 Å². The average Bonchev–Trinajstić information content (AvgIpc) is 2.39. The van der Waals surface area contributed by atoms with Crippen LogP contribution in [-0.4, -0.2) is 12.6 Å². The molecule has 2 atom stereocenters. The largest absolute Gasteiger partial charge is 0.314 e. The summed E-state index contributed by atoms with van der Waals surface area (Å²) < 4.78 is 0. The molecule has 0 bridgehead atoms. The van der Waals surface area contributed by atoms with Crippen molar-refractivity contribution in [2.45, 2.75) is 38.6 Å². The molecular formula is C10H19N. The van der Waals surface area contributed by atoms with Gasteiger partial charge in [0.1, 0.15) is 0 Å². The molecule has 1 aliphatic rings. The molecule has 0 aromatic rings. The monoisotopic (exact) mass is 153 g/mol. The maximum atomic E-state index is 3.79. The molecule has 0 aliphatic heterocycles. The summed E-state index contributed by atoms with van der Waals surface area (Å²) in [4.78, 5) is 0. The van der Waals surface area contributed by atoms with E-state index in [4.69, 9.17) is 0 Å². The Morgan fingerprint density at radius 2 is 2.36 bits per heavy atom. The third kappa shape index (κ3) is 2.33. The standard InChI is InChI=1S/C10H19N/c1-3-6-9-7-5-8-10(9)11-4-2/h3,9-11H,1,4-8H2,2H3. The zero-order valence-electron chi connectivity index (χ0n) is 7.47. The fourth-order valence-electron chi connectivity index (χ4n) is 2.06. The number of nitrogens with one attached hydrogen (secondary N) is 1. The van der Waals surface area contributed by atoms with Crippen molar-refractivity contribution in [3.8, 4) is 0 Å². The lowest BCUT2D eigenvalue weighted by atomic mass is 10.00. The van der Waals surface area contributed by atoms with Crippen LogP contribution in [0.1, 0.15) is 32.6 Å². The molecular weight excluding hydrogens is 134 g/mol. The van der Waals surface area contributed by atoms with Gasteiger partial charge in [-0.25, -0.2) is 0 Å². The molecule has 11 heavy (non-hydrogen) atoms.